The average molecular weight is 272 g/mol. The fourth-order valence-corrected chi connectivity index (χ4v) is 2.97. The lowest BCUT2D eigenvalue weighted by Gasteiger charge is -2.13. The zero-order valence-corrected chi connectivity index (χ0v) is 11.6. The van der Waals surface area contributed by atoms with Gasteiger partial charge in [-0.3, -0.25) is 4.79 Å². The lowest BCUT2D eigenvalue weighted by molar-refractivity contribution is -0.116. The number of aromatic nitrogens is 2. The zero-order valence-electron chi connectivity index (χ0n) is 10.8. The van der Waals surface area contributed by atoms with Crippen molar-refractivity contribution in [3.05, 3.63) is 60.2 Å². The molecule has 0 N–H and O–H groups in total. The van der Waals surface area contributed by atoms with E-state index in [-0.39, 0.29) is 11.0 Å². The van der Waals surface area contributed by atoms with Crippen LogP contribution >= 0.6 is 11.8 Å². The van der Waals surface area contributed by atoms with E-state index in [1.54, 1.807) is 31.2 Å². The topological polar surface area (TPSA) is 42.9 Å². The molecule has 0 fully saturated rings. The summed E-state index contributed by atoms with van der Waals surface area (Å²) in [4.78, 5) is 19.8. The molecule has 3 nitrogen and oxygen atoms in total. The summed E-state index contributed by atoms with van der Waals surface area (Å²) in [5.74, 6) is 1.06. The third-order valence-corrected chi connectivity index (χ3v) is 4.13. The predicted molar refractivity (Wildman–Crippen MR) is 78.1 cm³/mol. The number of rotatable bonds is 6. The smallest absolute Gasteiger partial charge is 0.147 e. The summed E-state index contributed by atoms with van der Waals surface area (Å²) in [5.41, 5.74) is 2.08. The van der Waals surface area contributed by atoms with Crippen LogP contribution in [0.5, 0.6) is 0 Å². The van der Waals surface area contributed by atoms with Crippen molar-refractivity contribution in [2.24, 2.45) is 0 Å². The lowest BCUT2D eigenvalue weighted by Crippen LogP contribution is -2.06. The number of hydrogen-bond donors (Lipinski definition) is 0. The molecule has 0 saturated carbocycles. The SMILES string of the molecule is CC(=O)C(SCCc1ccncn1)c1ccccc1. The quantitative estimate of drug-likeness (QED) is 0.810. The van der Waals surface area contributed by atoms with Crippen LogP contribution in [0.3, 0.4) is 0 Å². The van der Waals surface area contributed by atoms with Crippen molar-refractivity contribution in [3.8, 4) is 0 Å². The second kappa shape index (κ2) is 7.04. The minimum atomic E-state index is -0.0805. The first-order valence-electron chi connectivity index (χ1n) is 6.19. The van der Waals surface area contributed by atoms with Crippen LogP contribution in [0.15, 0.2) is 48.9 Å². The third-order valence-electron chi connectivity index (χ3n) is 2.76. The van der Waals surface area contributed by atoms with Gasteiger partial charge in [-0.05, 0) is 30.7 Å². The van der Waals surface area contributed by atoms with Gasteiger partial charge >= 0.3 is 0 Å². The Hall–Kier alpha value is -1.68. The van der Waals surface area contributed by atoms with Crippen molar-refractivity contribution < 1.29 is 4.79 Å². The molecule has 1 unspecified atom stereocenters. The van der Waals surface area contributed by atoms with E-state index in [1.165, 1.54) is 0 Å². The Bertz CT molecular complexity index is 516. The third kappa shape index (κ3) is 4.17. The van der Waals surface area contributed by atoms with Gasteiger partial charge in [0.2, 0.25) is 0 Å². The van der Waals surface area contributed by atoms with Crippen molar-refractivity contribution >= 4 is 17.5 Å². The highest BCUT2D eigenvalue weighted by Gasteiger charge is 2.16. The number of carbonyl (C=O) groups is 1. The molecule has 98 valence electrons. The molecule has 1 atom stereocenters. The summed E-state index contributed by atoms with van der Waals surface area (Å²) in [6.07, 6.45) is 4.15. The lowest BCUT2D eigenvalue weighted by atomic mass is 10.1. The van der Waals surface area contributed by atoms with Crippen molar-refractivity contribution in [1.29, 1.82) is 0 Å². The summed E-state index contributed by atoms with van der Waals surface area (Å²) in [5, 5.41) is -0.0805. The average Bonchev–Trinajstić information content (AvgIpc) is 2.45. The van der Waals surface area contributed by atoms with Gasteiger partial charge in [-0.1, -0.05) is 30.3 Å². The number of thioether (sulfide) groups is 1. The van der Waals surface area contributed by atoms with E-state index in [0.717, 1.165) is 23.4 Å². The number of ketones is 1. The fourth-order valence-electron chi connectivity index (χ4n) is 1.82. The van der Waals surface area contributed by atoms with Crippen LogP contribution in [-0.2, 0) is 11.2 Å². The molecule has 4 heteroatoms. The molecule has 0 aliphatic rings. The van der Waals surface area contributed by atoms with Crippen LogP contribution in [0, 0.1) is 0 Å². The van der Waals surface area contributed by atoms with Crippen LogP contribution in [0.4, 0.5) is 0 Å². The summed E-state index contributed by atoms with van der Waals surface area (Å²) in [6, 6.07) is 11.8. The Kier molecular flexibility index (Phi) is 5.10. The Morgan fingerprint density at radius 1 is 1.26 bits per heavy atom. The van der Waals surface area contributed by atoms with Gasteiger partial charge in [-0.25, -0.2) is 9.97 Å². The van der Waals surface area contributed by atoms with Gasteiger partial charge in [0.25, 0.3) is 0 Å². The molecule has 0 bridgehead atoms. The highest BCUT2D eigenvalue weighted by atomic mass is 32.2. The largest absolute Gasteiger partial charge is 0.298 e. The van der Waals surface area contributed by atoms with Crippen molar-refractivity contribution in [2.45, 2.75) is 18.6 Å². The molecule has 19 heavy (non-hydrogen) atoms. The van der Waals surface area contributed by atoms with E-state index in [4.69, 9.17) is 0 Å². The first-order valence-corrected chi connectivity index (χ1v) is 7.24. The van der Waals surface area contributed by atoms with Crippen molar-refractivity contribution in [2.75, 3.05) is 5.75 Å². The first kappa shape index (κ1) is 13.7. The molecule has 1 aromatic carbocycles. The number of aryl methyl sites for hydroxylation is 1. The number of hydrogen-bond acceptors (Lipinski definition) is 4. The maximum absolute atomic E-state index is 11.7. The van der Waals surface area contributed by atoms with Gasteiger partial charge in [0.15, 0.2) is 0 Å². The minimum Gasteiger partial charge on any atom is -0.298 e. The monoisotopic (exact) mass is 272 g/mol. The van der Waals surface area contributed by atoms with E-state index in [1.807, 2.05) is 36.4 Å². The van der Waals surface area contributed by atoms with Gasteiger partial charge in [0.1, 0.15) is 12.1 Å². The van der Waals surface area contributed by atoms with Crippen LogP contribution in [0.25, 0.3) is 0 Å². The molecule has 0 aliphatic carbocycles. The predicted octanol–water partition coefficient (Wildman–Crippen LogP) is 3.08. The van der Waals surface area contributed by atoms with Crippen LogP contribution in [0.2, 0.25) is 0 Å². The van der Waals surface area contributed by atoms with E-state index < -0.39 is 0 Å². The van der Waals surface area contributed by atoms with E-state index in [0.29, 0.717) is 0 Å². The molecule has 2 aromatic rings. The normalized spacial score (nSPS) is 12.1. The molecule has 0 saturated heterocycles. The number of benzene rings is 1. The standard InChI is InChI=1S/C15H16N2OS/c1-12(18)15(13-5-3-2-4-6-13)19-10-8-14-7-9-16-11-17-14/h2-7,9,11,15H,8,10H2,1H3. The molecule has 2 rings (SSSR count). The second-order valence-corrected chi connectivity index (χ2v) is 5.44. The summed E-state index contributed by atoms with van der Waals surface area (Å²) in [6.45, 7) is 1.65. The number of Topliss-reactive ketones (excluding diaryl/α,β-unsaturated/α-hetero) is 1. The van der Waals surface area contributed by atoms with Crippen LogP contribution in [0.1, 0.15) is 23.4 Å². The molecular weight excluding hydrogens is 256 g/mol. The molecule has 1 heterocycles. The number of carbonyl (C=O) groups excluding carboxylic acids is 1. The van der Waals surface area contributed by atoms with Gasteiger partial charge in [-0.15, -0.1) is 11.8 Å². The molecule has 0 aliphatic heterocycles. The van der Waals surface area contributed by atoms with E-state index >= 15 is 0 Å². The van der Waals surface area contributed by atoms with Crippen molar-refractivity contribution in [1.82, 2.24) is 9.97 Å². The fraction of sp³-hybridized carbons (Fsp3) is 0.267. The highest BCUT2D eigenvalue weighted by molar-refractivity contribution is 8.00. The minimum absolute atomic E-state index is 0.0805. The summed E-state index contributed by atoms with van der Waals surface area (Å²) >= 11 is 1.67. The maximum Gasteiger partial charge on any atom is 0.147 e. The Morgan fingerprint density at radius 3 is 2.68 bits per heavy atom. The van der Waals surface area contributed by atoms with Crippen LogP contribution < -0.4 is 0 Å². The van der Waals surface area contributed by atoms with Crippen molar-refractivity contribution in [3.63, 3.8) is 0 Å². The Balaban J connectivity index is 1.94. The molecule has 0 radical (unpaired) electrons. The van der Waals surface area contributed by atoms with E-state index in [9.17, 15) is 4.79 Å². The summed E-state index contributed by atoms with van der Waals surface area (Å²) in [7, 11) is 0. The Labute approximate surface area is 117 Å². The van der Waals surface area contributed by atoms with Gasteiger partial charge in [0.05, 0.1) is 5.25 Å². The highest BCUT2D eigenvalue weighted by Crippen LogP contribution is 2.29. The molecule has 1 aromatic heterocycles. The maximum atomic E-state index is 11.7. The van der Waals surface area contributed by atoms with E-state index in [2.05, 4.69) is 9.97 Å². The van der Waals surface area contributed by atoms with Gasteiger partial charge < -0.3 is 0 Å². The first-order chi connectivity index (χ1) is 9.27. The summed E-state index contributed by atoms with van der Waals surface area (Å²) < 4.78 is 0. The van der Waals surface area contributed by atoms with Gasteiger partial charge in [0, 0.05) is 11.9 Å². The zero-order chi connectivity index (χ0) is 13.5. The number of nitrogens with zero attached hydrogens (tertiary/aromatic N) is 2. The molecular formula is C15H16N2OS. The van der Waals surface area contributed by atoms with Crippen LogP contribution in [-0.4, -0.2) is 21.5 Å². The van der Waals surface area contributed by atoms with Gasteiger partial charge in [-0.2, -0.15) is 0 Å². The molecule has 0 spiro atoms. The Morgan fingerprint density at radius 2 is 2.05 bits per heavy atom. The second-order valence-electron chi connectivity index (χ2n) is 4.22. The molecule has 0 amide bonds.